The molecule has 1 unspecified atom stereocenters. The quantitative estimate of drug-likeness (QED) is 0.838. The molecule has 0 spiro atoms. The fraction of sp³-hybridized carbons (Fsp3) is 0.600. The summed E-state index contributed by atoms with van der Waals surface area (Å²) in [7, 11) is 0. The number of hydrogen-bond acceptors (Lipinski definition) is 4. The number of aromatic nitrogens is 1. The summed E-state index contributed by atoms with van der Waals surface area (Å²) in [5.74, 6) is -0.0990. The van der Waals surface area contributed by atoms with E-state index in [0.717, 1.165) is 16.8 Å². The molecule has 1 rings (SSSR count). The van der Waals surface area contributed by atoms with E-state index >= 15 is 0 Å². The molecule has 0 saturated carbocycles. The van der Waals surface area contributed by atoms with Crippen molar-refractivity contribution >= 4 is 17.7 Å². The number of carbonyl (C=O) groups is 1. The Morgan fingerprint density at radius 1 is 1.48 bits per heavy atom. The zero-order chi connectivity index (χ0) is 16.2. The monoisotopic (exact) mass is 313 g/mol. The number of nitrogens with zero attached hydrogens (tertiary/aromatic N) is 1. The number of rotatable bonds is 4. The van der Waals surface area contributed by atoms with Gasteiger partial charge >= 0.3 is 6.09 Å². The maximum Gasteiger partial charge on any atom is 0.407 e. The molecular formula is C15H24ClN3O2. The molecule has 0 aliphatic carbocycles. The van der Waals surface area contributed by atoms with Crippen LogP contribution in [0.1, 0.15) is 43.5 Å². The Morgan fingerprint density at radius 2 is 2.10 bits per heavy atom. The zero-order valence-electron chi connectivity index (χ0n) is 13.3. The maximum atomic E-state index is 11.7. The van der Waals surface area contributed by atoms with E-state index in [-0.39, 0.29) is 5.92 Å². The van der Waals surface area contributed by atoms with E-state index in [9.17, 15) is 4.79 Å². The second-order valence-corrected chi connectivity index (χ2v) is 6.46. The molecule has 21 heavy (non-hydrogen) atoms. The Balaban J connectivity index is 2.79. The first-order valence-corrected chi connectivity index (χ1v) is 7.32. The SMILES string of the molecule is Cc1cc(C)c(C(CN)CNC(=O)OC(C)(C)C)c(Cl)n1. The lowest BCUT2D eigenvalue weighted by Crippen LogP contribution is -2.36. The molecule has 0 bridgehead atoms. The van der Waals surface area contributed by atoms with Crippen molar-refractivity contribution in [3.63, 3.8) is 0 Å². The van der Waals surface area contributed by atoms with Crippen LogP contribution >= 0.6 is 11.6 Å². The average Bonchev–Trinajstić information content (AvgIpc) is 2.29. The van der Waals surface area contributed by atoms with Crippen molar-refractivity contribution in [2.75, 3.05) is 13.1 Å². The van der Waals surface area contributed by atoms with Gasteiger partial charge in [-0.15, -0.1) is 0 Å². The summed E-state index contributed by atoms with van der Waals surface area (Å²) in [6, 6.07) is 1.96. The van der Waals surface area contributed by atoms with Gasteiger partial charge in [0.1, 0.15) is 10.8 Å². The zero-order valence-corrected chi connectivity index (χ0v) is 14.0. The third-order valence-corrected chi connectivity index (χ3v) is 3.22. The van der Waals surface area contributed by atoms with Crippen LogP contribution in [0.25, 0.3) is 0 Å². The van der Waals surface area contributed by atoms with Crippen LogP contribution in [-0.2, 0) is 4.74 Å². The average molecular weight is 314 g/mol. The number of hydrogen-bond donors (Lipinski definition) is 2. The highest BCUT2D eigenvalue weighted by molar-refractivity contribution is 6.30. The third kappa shape index (κ3) is 5.52. The van der Waals surface area contributed by atoms with Crippen LogP contribution in [0.15, 0.2) is 6.07 Å². The summed E-state index contributed by atoms with van der Waals surface area (Å²) in [5, 5.41) is 3.17. The van der Waals surface area contributed by atoms with Crippen LogP contribution in [0.4, 0.5) is 4.79 Å². The second kappa shape index (κ2) is 7.09. The van der Waals surface area contributed by atoms with Crippen LogP contribution in [-0.4, -0.2) is 29.8 Å². The number of carbonyl (C=O) groups excluding carboxylic acids is 1. The molecule has 0 aliphatic rings. The lowest BCUT2D eigenvalue weighted by Gasteiger charge is -2.22. The smallest absolute Gasteiger partial charge is 0.407 e. The number of pyridine rings is 1. The van der Waals surface area contributed by atoms with Gasteiger partial charge in [0.25, 0.3) is 0 Å². The van der Waals surface area contributed by atoms with Crippen LogP contribution in [0.2, 0.25) is 5.15 Å². The third-order valence-electron chi connectivity index (χ3n) is 2.93. The standard InChI is InChI=1S/C15H24ClN3O2/c1-9-6-10(2)19-13(16)12(9)11(7-17)8-18-14(20)21-15(3,4)5/h6,11H,7-8,17H2,1-5H3,(H,18,20). The molecule has 5 nitrogen and oxygen atoms in total. The summed E-state index contributed by atoms with van der Waals surface area (Å²) in [6.45, 7) is 10.0. The minimum atomic E-state index is -0.527. The number of halogens is 1. The summed E-state index contributed by atoms with van der Waals surface area (Å²) in [6.07, 6.45) is -0.463. The molecular weight excluding hydrogens is 290 g/mol. The predicted molar refractivity (Wildman–Crippen MR) is 84.8 cm³/mol. The lowest BCUT2D eigenvalue weighted by molar-refractivity contribution is 0.0525. The van der Waals surface area contributed by atoms with E-state index in [1.54, 1.807) is 0 Å². The van der Waals surface area contributed by atoms with Gasteiger partial charge in [0.05, 0.1) is 0 Å². The van der Waals surface area contributed by atoms with Gasteiger partial charge in [-0.25, -0.2) is 9.78 Å². The molecule has 0 aromatic carbocycles. The fourth-order valence-electron chi connectivity index (χ4n) is 2.12. The molecule has 1 atom stereocenters. The first-order valence-electron chi connectivity index (χ1n) is 6.94. The van der Waals surface area contributed by atoms with Gasteiger partial charge < -0.3 is 15.8 Å². The fourth-order valence-corrected chi connectivity index (χ4v) is 2.55. The Hall–Kier alpha value is -1.33. The van der Waals surface area contributed by atoms with Gasteiger partial charge in [-0.3, -0.25) is 0 Å². The largest absolute Gasteiger partial charge is 0.444 e. The Labute approximate surface area is 131 Å². The number of aryl methyl sites for hydroxylation is 2. The van der Waals surface area contributed by atoms with Gasteiger partial charge in [0.2, 0.25) is 0 Å². The van der Waals surface area contributed by atoms with Crippen LogP contribution in [0.3, 0.4) is 0 Å². The van der Waals surface area contributed by atoms with Gasteiger partial charge in [-0.1, -0.05) is 11.6 Å². The van der Waals surface area contributed by atoms with Crippen molar-refractivity contribution in [2.45, 2.75) is 46.1 Å². The molecule has 1 amide bonds. The highest BCUT2D eigenvalue weighted by atomic mass is 35.5. The van der Waals surface area contributed by atoms with Gasteiger partial charge in [0, 0.05) is 24.7 Å². The van der Waals surface area contributed by atoms with Crippen molar-refractivity contribution in [3.05, 3.63) is 28.0 Å². The van der Waals surface area contributed by atoms with Crippen LogP contribution in [0, 0.1) is 13.8 Å². The summed E-state index contributed by atoms with van der Waals surface area (Å²) in [5.41, 5.74) is 8.05. The van der Waals surface area contributed by atoms with Gasteiger partial charge in [0.15, 0.2) is 0 Å². The first kappa shape index (κ1) is 17.7. The highest BCUT2D eigenvalue weighted by Gasteiger charge is 2.20. The molecule has 1 aromatic heterocycles. The molecule has 3 N–H and O–H groups in total. The molecule has 118 valence electrons. The second-order valence-electron chi connectivity index (χ2n) is 6.10. The number of alkyl carbamates (subject to hydrolysis) is 1. The summed E-state index contributed by atoms with van der Waals surface area (Å²) >= 11 is 6.22. The molecule has 0 saturated heterocycles. The number of ether oxygens (including phenoxy) is 1. The van der Waals surface area contributed by atoms with Crippen molar-refractivity contribution < 1.29 is 9.53 Å². The van der Waals surface area contributed by atoms with E-state index in [1.807, 2.05) is 40.7 Å². The van der Waals surface area contributed by atoms with Crippen LogP contribution in [0.5, 0.6) is 0 Å². The number of nitrogens with two attached hydrogens (primary N) is 1. The van der Waals surface area contributed by atoms with E-state index < -0.39 is 11.7 Å². The molecule has 6 heteroatoms. The van der Waals surface area contributed by atoms with E-state index in [1.165, 1.54) is 0 Å². The number of nitrogens with one attached hydrogen (secondary N) is 1. The predicted octanol–water partition coefficient (Wildman–Crippen LogP) is 2.92. The van der Waals surface area contributed by atoms with Gasteiger partial charge in [-0.05, 0) is 51.8 Å². The van der Waals surface area contributed by atoms with Crippen molar-refractivity contribution in [3.8, 4) is 0 Å². The lowest BCUT2D eigenvalue weighted by atomic mass is 9.96. The topological polar surface area (TPSA) is 77.2 Å². The minimum absolute atomic E-state index is 0.0990. The maximum absolute atomic E-state index is 11.7. The van der Waals surface area contributed by atoms with Crippen LogP contribution < -0.4 is 11.1 Å². The Kier molecular flexibility index (Phi) is 5.98. The first-order chi connectivity index (χ1) is 9.64. The molecule has 1 heterocycles. The van der Waals surface area contributed by atoms with Crippen molar-refractivity contribution in [2.24, 2.45) is 5.73 Å². The molecule has 1 aromatic rings. The van der Waals surface area contributed by atoms with E-state index in [0.29, 0.717) is 18.2 Å². The normalized spacial score (nSPS) is 12.9. The summed E-state index contributed by atoms with van der Waals surface area (Å²) < 4.78 is 5.21. The van der Waals surface area contributed by atoms with Crippen molar-refractivity contribution in [1.29, 1.82) is 0 Å². The molecule has 0 aliphatic heterocycles. The van der Waals surface area contributed by atoms with Gasteiger partial charge in [-0.2, -0.15) is 0 Å². The molecule has 0 fully saturated rings. The summed E-state index contributed by atoms with van der Waals surface area (Å²) in [4.78, 5) is 16.0. The Morgan fingerprint density at radius 3 is 2.57 bits per heavy atom. The minimum Gasteiger partial charge on any atom is -0.444 e. The Bertz CT molecular complexity index is 489. The highest BCUT2D eigenvalue weighted by Crippen LogP contribution is 2.26. The van der Waals surface area contributed by atoms with E-state index in [4.69, 9.17) is 22.1 Å². The molecule has 0 radical (unpaired) electrons. The van der Waals surface area contributed by atoms with E-state index in [2.05, 4.69) is 10.3 Å². The van der Waals surface area contributed by atoms with Crippen molar-refractivity contribution in [1.82, 2.24) is 10.3 Å². The number of amides is 1.